The average Bonchev–Trinajstić information content (AvgIpc) is 3.51. The summed E-state index contributed by atoms with van der Waals surface area (Å²) in [7, 11) is -3.73. The number of hydrogen-bond donors (Lipinski definition) is 1. The monoisotopic (exact) mass is 552 g/mol. The number of aryl methyl sites for hydroxylation is 1. The van der Waals surface area contributed by atoms with Gasteiger partial charge in [0.2, 0.25) is 0 Å². The molecule has 3 heterocycles. The van der Waals surface area contributed by atoms with E-state index in [9.17, 15) is 13.2 Å². The van der Waals surface area contributed by atoms with Crippen molar-refractivity contribution in [2.24, 2.45) is 0 Å². The van der Waals surface area contributed by atoms with Crippen LogP contribution >= 0.6 is 34.4 Å². The number of para-hydroxylation sites is 1. The summed E-state index contributed by atoms with van der Waals surface area (Å²) in [5, 5.41) is 3.34. The van der Waals surface area contributed by atoms with Crippen molar-refractivity contribution in [2.45, 2.75) is 22.1 Å². The van der Waals surface area contributed by atoms with Gasteiger partial charge in [0.1, 0.15) is 0 Å². The van der Waals surface area contributed by atoms with E-state index in [4.69, 9.17) is 0 Å². The van der Waals surface area contributed by atoms with Gasteiger partial charge >= 0.3 is 0 Å². The van der Waals surface area contributed by atoms with E-state index in [0.29, 0.717) is 17.2 Å². The number of hydrogen-bond acceptors (Lipinski definition) is 8. The lowest BCUT2D eigenvalue weighted by Crippen LogP contribution is -2.35. The highest BCUT2D eigenvalue weighted by Gasteiger charge is 2.29. The van der Waals surface area contributed by atoms with Gasteiger partial charge in [-0.05, 0) is 67.1 Å². The number of thiazole rings is 2. The predicted octanol–water partition coefficient (Wildman–Crippen LogP) is 6.02. The smallest absolute Gasteiger partial charge is 0.264 e. The van der Waals surface area contributed by atoms with Crippen LogP contribution in [0.3, 0.4) is 0 Å². The zero-order chi connectivity index (χ0) is 24.9. The van der Waals surface area contributed by atoms with E-state index in [1.165, 1.54) is 39.9 Å². The summed E-state index contributed by atoms with van der Waals surface area (Å²) in [5.41, 5.74) is 3.84. The molecule has 0 bridgehead atoms. The van der Waals surface area contributed by atoms with Gasteiger partial charge < -0.3 is 0 Å². The number of sulfonamides is 1. The van der Waals surface area contributed by atoms with Gasteiger partial charge in [0, 0.05) is 12.1 Å². The first kappa shape index (κ1) is 23.4. The minimum Gasteiger partial charge on any atom is -0.298 e. The van der Waals surface area contributed by atoms with Gasteiger partial charge in [0.25, 0.3) is 15.9 Å². The molecule has 0 saturated heterocycles. The summed E-state index contributed by atoms with van der Waals surface area (Å²) in [5.74, 6) is -0.341. The third-order valence-electron chi connectivity index (χ3n) is 6.06. The molecule has 0 aliphatic carbocycles. The molecule has 0 fully saturated rings. The van der Waals surface area contributed by atoms with Crippen LogP contribution in [0.15, 0.2) is 69.9 Å². The van der Waals surface area contributed by atoms with Crippen LogP contribution in [0.4, 0.5) is 10.8 Å². The Labute approximate surface area is 220 Å². The maximum atomic E-state index is 13.4. The van der Waals surface area contributed by atoms with Gasteiger partial charge in [-0.1, -0.05) is 41.3 Å². The first-order valence-electron chi connectivity index (χ1n) is 11.2. The number of nitrogens with zero attached hydrogens (tertiary/aromatic N) is 3. The van der Waals surface area contributed by atoms with Crippen molar-refractivity contribution in [1.29, 1.82) is 0 Å². The molecule has 11 heteroatoms. The highest BCUT2D eigenvalue weighted by molar-refractivity contribution is 8.00. The number of aromatic nitrogens is 2. The number of carbonyl (C=O) groups is 1. The normalized spacial score (nSPS) is 13.8. The zero-order valence-corrected chi connectivity index (χ0v) is 22.4. The van der Waals surface area contributed by atoms with Crippen molar-refractivity contribution in [3.63, 3.8) is 0 Å². The Hall–Kier alpha value is -2.99. The van der Waals surface area contributed by atoms with Crippen LogP contribution in [0.5, 0.6) is 0 Å². The molecule has 7 nitrogen and oxygen atoms in total. The molecule has 1 N–H and O–H groups in total. The summed E-state index contributed by atoms with van der Waals surface area (Å²) in [6, 6.07) is 17.5. The first-order valence-corrected chi connectivity index (χ1v) is 15.5. The second-order valence-corrected chi connectivity index (χ2v) is 13.2. The van der Waals surface area contributed by atoms with Gasteiger partial charge in [0.15, 0.2) is 9.47 Å². The predicted molar refractivity (Wildman–Crippen MR) is 148 cm³/mol. The topological polar surface area (TPSA) is 92.3 Å². The summed E-state index contributed by atoms with van der Waals surface area (Å²) in [6.07, 6.45) is 3.63. The minimum absolute atomic E-state index is 0.160. The number of benzene rings is 3. The number of thioether (sulfide) groups is 1. The highest BCUT2D eigenvalue weighted by atomic mass is 32.2. The number of rotatable bonds is 5. The second kappa shape index (κ2) is 9.15. The lowest BCUT2D eigenvalue weighted by molar-refractivity contribution is 0.102. The number of nitrogens with one attached hydrogen (secondary N) is 1. The Morgan fingerprint density at radius 2 is 1.69 bits per heavy atom. The Balaban J connectivity index is 1.24. The summed E-state index contributed by atoms with van der Waals surface area (Å²) in [4.78, 5) is 22.2. The molecule has 0 unspecified atom stereocenters. The molecular weight excluding hydrogens is 533 g/mol. The molecule has 0 radical (unpaired) electrons. The highest BCUT2D eigenvalue weighted by Crippen LogP contribution is 2.38. The van der Waals surface area contributed by atoms with E-state index >= 15 is 0 Å². The molecule has 6 rings (SSSR count). The van der Waals surface area contributed by atoms with Crippen LogP contribution < -0.4 is 9.62 Å². The van der Waals surface area contributed by atoms with Gasteiger partial charge in [-0.3, -0.25) is 14.4 Å². The molecule has 2 aromatic heterocycles. The Bertz CT molecular complexity index is 1730. The molecule has 0 saturated carbocycles. The van der Waals surface area contributed by atoms with Gasteiger partial charge in [-0.2, -0.15) is 0 Å². The largest absolute Gasteiger partial charge is 0.298 e. The molecule has 3 aromatic carbocycles. The summed E-state index contributed by atoms with van der Waals surface area (Å²) in [6.45, 7) is 0.435. The van der Waals surface area contributed by atoms with Crippen LogP contribution in [-0.4, -0.2) is 37.1 Å². The number of carbonyl (C=O) groups excluding carboxylic acids is 1. The summed E-state index contributed by atoms with van der Waals surface area (Å²) >= 11 is 4.63. The van der Waals surface area contributed by atoms with Crippen LogP contribution in [0.25, 0.3) is 20.4 Å². The molecule has 0 spiro atoms. The number of fused-ring (bicyclic) bond motifs is 4. The molecule has 182 valence electrons. The van der Waals surface area contributed by atoms with Crippen LogP contribution in [0.1, 0.15) is 22.3 Å². The molecule has 1 aliphatic heterocycles. The van der Waals surface area contributed by atoms with Crippen molar-refractivity contribution >= 4 is 81.6 Å². The quantitative estimate of drug-likeness (QED) is 0.268. The Morgan fingerprint density at radius 3 is 2.47 bits per heavy atom. The van der Waals surface area contributed by atoms with Crippen LogP contribution in [0.2, 0.25) is 0 Å². The van der Waals surface area contributed by atoms with Crippen molar-refractivity contribution in [3.8, 4) is 0 Å². The Morgan fingerprint density at radius 1 is 0.972 bits per heavy atom. The maximum absolute atomic E-state index is 13.4. The molecule has 36 heavy (non-hydrogen) atoms. The fourth-order valence-electron chi connectivity index (χ4n) is 4.32. The van der Waals surface area contributed by atoms with Crippen molar-refractivity contribution < 1.29 is 13.2 Å². The number of anilines is 2. The summed E-state index contributed by atoms with van der Waals surface area (Å²) < 4.78 is 31.2. The molecule has 0 atom stereocenters. The second-order valence-electron chi connectivity index (χ2n) is 8.25. The van der Waals surface area contributed by atoms with E-state index in [1.807, 2.05) is 42.7 Å². The maximum Gasteiger partial charge on any atom is 0.264 e. The molecule has 1 amide bonds. The number of amides is 1. The molecular formula is C25H20N4O3S4. The SMILES string of the molecule is CSc1nc2ccc3nc(NC(=O)c4ccc(S(=O)(=O)N5CCCc6ccccc65)cc4)sc3c2s1. The zero-order valence-electron chi connectivity index (χ0n) is 19.1. The van der Waals surface area contributed by atoms with Gasteiger partial charge in [-0.25, -0.2) is 18.4 Å². The van der Waals surface area contributed by atoms with Gasteiger partial charge in [0.05, 0.1) is 31.0 Å². The van der Waals surface area contributed by atoms with Crippen LogP contribution in [-0.2, 0) is 16.4 Å². The average molecular weight is 553 g/mol. The van der Waals surface area contributed by atoms with E-state index in [-0.39, 0.29) is 10.8 Å². The van der Waals surface area contributed by atoms with Gasteiger partial charge in [-0.15, -0.1) is 11.3 Å². The van der Waals surface area contributed by atoms with E-state index in [1.54, 1.807) is 23.1 Å². The van der Waals surface area contributed by atoms with Crippen molar-refractivity contribution in [1.82, 2.24) is 9.97 Å². The Kier molecular flexibility index (Phi) is 5.95. The minimum atomic E-state index is -3.73. The first-order chi connectivity index (χ1) is 17.4. The van der Waals surface area contributed by atoms with Crippen molar-refractivity contribution in [3.05, 3.63) is 71.8 Å². The lowest BCUT2D eigenvalue weighted by Gasteiger charge is -2.30. The third-order valence-corrected chi connectivity index (χ3v) is 11.1. The fourth-order valence-corrected chi connectivity index (χ4v) is 8.51. The molecule has 5 aromatic rings. The fraction of sp³-hybridized carbons (Fsp3) is 0.160. The van der Waals surface area contributed by atoms with E-state index in [0.717, 1.165) is 48.9 Å². The standard InChI is InChI=1S/C25H20N4O3S4/c1-33-25-27-19-13-12-18-21(22(19)35-25)34-24(26-18)28-23(30)16-8-10-17(11-9-16)36(31,32)29-14-4-6-15-5-2-3-7-20(15)29/h2-3,5,7-13H,4,6,14H2,1H3,(H,26,28,30). The molecule has 1 aliphatic rings. The third kappa shape index (κ3) is 4.05. The lowest BCUT2D eigenvalue weighted by atomic mass is 10.0. The van der Waals surface area contributed by atoms with E-state index < -0.39 is 10.0 Å². The van der Waals surface area contributed by atoms with Crippen molar-refractivity contribution in [2.75, 3.05) is 22.4 Å². The van der Waals surface area contributed by atoms with Crippen LogP contribution in [0, 0.1) is 0 Å². The van der Waals surface area contributed by atoms with E-state index in [2.05, 4.69) is 15.3 Å².